The van der Waals surface area contributed by atoms with Crippen molar-refractivity contribution in [3.05, 3.63) is 52.1 Å². The van der Waals surface area contributed by atoms with Crippen LogP contribution in [0.25, 0.3) is 0 Å². The van der Waals surface area contributed by atoms with E-state index in [4.69, 9.17) is 9.47 Å². The first-order valence-electron chi connectivity index (χ1n) is 9.33. The second-order valence-corrected chi connectivity index (χ2v) is 6.39. The minimum Gasteiger partial charge on any atom is -0.490 e. The normalized spacial score (nSPS) is 11.0. The van der Waals surface area contributed by atoms with Crippen LogP contribution in [-0.2, 0) is 11.0 Å². The van der Waals surface area contributed by atoms with Gasteiger partial charge in [0.05, 0.1) is 30.2 Å². The van der Waals surface area contributed by atoms with Gasteiger partial charge in [-0.05, 0) is 38.1 Å². The minimum atomic E-state index is -4.72. The van der Waals surface area contributed by atoms with Gasteiger partial charge in [0.1, 0.15) is 5.69 Å². The van der Waals surface area contributed by atoms with Crippen LogP contribution < -0.4 is 19.7 Å². The Kier molecular flexibility index (Phi) is 7.67. The number of rotatable bonds is 9. The van der Waals surface area contributed by atoms with Crippen LogP contribution in [0.4, 0.5) is 30.2 Å². The van der Waals surface area contributed by atoms with Crippen LogP contribution >= 0.6 is 0 Å². The fraction of sp³-hybridized carbons (Fsp3) is 0.350. The number of carbonyl (C=O) groups is 1. The molecule has 168 valence electrons. The van der Waals surface area contributed by atoms with Crippen LogP contribution in [-0.4, -0.2) is 37.6 Å². The molecule has 0 bridgehead atoms. The summed E-state index contributed by atoms with van der Waals surface area (Å²) in [5.74, 6) is 0.428. The number of hydrogen-bond donors (Lipinski definition) is 1. The number of amides is 1. The van der Waals surface area contributed by atoms with Crippen molar-refractivity contribution < 1.29 is 32.4 Å². The van der Waals surface area contributed by atoms with E-state index in [0.717, 1.165) is 12.1 Å². The fourth-order valence-electron chi connectivity index (χ4n) is 2.80. The van der Waals surface area contributed by atoms with E-state index < -0.39 is 28.3 Å². The highest BCUT2D eigenvalue weighted by Crippen LogP contribution is 2.36. The Morgan fingerprint density at radius 2 is 1.74 bits per heavy atom. The molecule has 0 spiro atoms. The van der Waals surface area contributed by atoms with E-state index in [1.807, 2.05) is 6.92 Å². The highest BCUT2D eigenvalue weighted by Gasteiger charge is 2.33. The number of alkyl halides is 3. The number of ether oxygens (including phenoxy) is 2. The third kappa shape index (κ3) is 6.24. The molecule has 8 nitrogen and oxygen atoms in total. The molecule has 11 heteroatoms. The molecule has 31 heavy (non-hydrogen) atoms. The number of halogens is 3. The van der Waals surface area contributed by atoms with Gasteiger partial charge in [0.15, 0.2) is 11.5 Å². The van der Waals surface area contributed by atoms with Gasteiger partial charge in [-0.3, -0.25) is 14.9 Å². The van der Waals surface area contributed by atoms with E-state index in [1.54, 1.807) is 25.1 Å². The molecule has 2 aromatic carbocycles. The van der Waals surface area contributed by atoms with Gasteiger partial charge in [-0.25, -0.2) is 0 Å². The number of carbonyl (C=O) groups excluding carboxylic acids is 1. The largest absolute Gasteiger partial charge is 0.490 e. The van der Waals surface area contributed by atoms with Crippen molar-refractivity contribution in [3.63, 3.8) is 0 Å². The Morgan fingerprint density at radius 1 is 1.10 bits per heavy atom. The predicted octanol–water partition coefficient (Wildman–Crippen LogP) is 4.49. The summed E-state index contributed by atoms with van der Waals surface area (Å²) in [5, 5.41) is 13.9. The summed E-state index contributed by atoms with van der Waals surface area (Å²) >= 11 is 0. The molecule has 0 unspecified atom stereocenters. The number of nitrogens with zero attached hydrogens (tertiary/aromatic N) is 2. The maximum absolute atomic E-state index is 12.9. The van der Waals surface area contributed by atoms with Gasteiger partial charge in [-0.1, -0.05) is 0 Å². The lowest BCUT2D eigenvalue weighted by molar-refractivity contribution is -0.384. The smallest absolute Gasteiger partial charge is 0.416 e. The zero-order valence-electron chi connectivity index (χ0n) is 17.2. The van der Waals surface area contributed by atoms with E-state index in [0.29, 0.717) is 36.5 Å². The van der Waals surface area contributed by atoms with Gasteiger partial charge in [-0.15, -0.1) is 0 Å². The van der Waals surface area contributed by atoms with E-state index in [9.17, 15) is 28.1 Å². The Hall–Kier alpha value is -3.50. The molecule has 0 aliphatic carbocycles. The lowest BCUT2D eigenvalue weighted by Crippen LogP contribution is -2.30. The molecule has 0 saturated carbocycles. The highest BCUT2D eigenvalue weighted by molar-refractivity contribution is 5.94. The molecular weight excluding hydrogens is 419 g/mol. The highest BCUT2D eigenvalue weighted by atomic mass is 19.4. The molecule has 2 rings (SSSR count). The van der Waals surface area contributed by atoms with Gasteiger partial charge in [0.25, 0.3) is 5.69 Å². The van der Waals surface area contributed by atoms with Crippen molar-refractivity contribution in [3.8, 4) is 11.5 Å². The van der Waals surface area contributed by atoms with Gasteiger partial charge >= 0.3 is 6.18 Å². The zero-order valence-corrected chi connectivity index (χ0v) is 17.2. The van der Waals surface area contributed by atoms with Gasteiger partial charge in [0, 0.05) is 24.9 Å². The first-order valence-corrected chi connectivity index (χ1v) is 9.33. The molecule has 0 aromatic heterocycles. The Labute approximate surface area is 176 Å². The van der Waals surface area contributed by atoms with Crippen LogP contribution in [0.2, 0.25) is 0 Å². The van der Waals surface area contributed by atoms with E-state index in [1.165, 1.54) is 11.9 Å². The number of nitro groups is 1. The first kappa shape index (κ1) is 23.8. The molecule has 1 N–H and O–H groups in total. The molecule has 0 fully saturated rings. The third-order valence-corrected chi connectivity index (χ3v) is 4.12. The zero-order chi connectivity index (χ0) is 23.2. The second-order valence-electron chi connectivity index (χ2n) is 6.39. The fourth-order valence-corrected chi connectivity index (χ4v) is 2.80. The maximum atomic E-state index is 12.9. The Balaban J connectivity index is 2.17. The van der Waals surface area contributed by atoms with E-state index >= 15 is 0 Å². The molecule has 0 atom stereocenters. The minimum absolute atomic E-state index is 0.116. The quantitative estimate of drug-likeness (QED) is 0.455. The Morgan fingerprint density at radius 3 is 2.32 bits per heavy atom. The molecule has 1 amide bonds. The number of anilines is 2. The maximum Gasteiger partial charge on any atom is 0.416 e. The number of nitrogens with one attached hydrogen (secondary N) is 1. The van der Waals surface area contributed by atoms with Crippen molar-refractivity contribution in [2.24, 2.45) is 0 Å². The summed E-state index contributed by atoms with van der Waals surface area (Å²) in [6.45, 7) is 4.11. The third-order valence-electron chi connectivity index (χ3n) is 4.12. The van der Waals surface area contributed by atoms with Gasteiger partial charge in [-0.2, -0.15) is 13.2 Å². The molecule has 0 radical (unpaired) electrons. The van der Waals surface area contributed by atoms with Crippen LogP contribution in [0, 0.1) is 10.1 Å². The molecule has 0 aliphatic heterocycles. The van der Waals surface area contributed by atoms with Crippen LogP contribution in [0.1, 0.15) is 19.4 Å². The van der Waals surface area contributed by atoms with Crippen molar-refractivity contribution in [1.29, 1.82) is 0 Å². The van der Waals surface area contributed by atoms with Crippen molar-refractivity contribution in [2.75, 3.05) is 37.0 Å². The average molecular weight is 441 g/mol. The topological polar surface area (TPSA) is 93.9 Å². The molecule has 0 aliphatic rings. The summed E-state index contributed by atoms with van der Waals surface area (Å²) in [5.41, 5.74) is -1.59. The predicted molar refractivity (Wildman–Crippen MR) is 109 cm³/mol. The summed E-state index contributed by atoms with van der Waals surface area (Å²) in [6.07, 6.45) is -4.72. The number of benzene rings is 2. The SMILES string of the molecule is CCOc1ccc(NC(=O)CN(C)c2ccc(C(F)(F)F)cc2[N+](=O)[O-])cc1OCC. The number of nitro benzene ring substituents is 1. The Bertz CT molecular complexity index is 950. The van der Waals surface area contributed by atoms with Crippen LogP contribution in [0.3, 0.4) is 0 Å². The number of hydrogen-bond acceptors (Lipinski definition) is 6. The van der Waals surface area contributed by atoms with Crippen molar-refractivity contribution >= 4 is 23.0 Å². The lowest BCUT2D eigenvalue weighted by atomic mass is 10.1. The van der Waals surface area contributed by atoms with Gasteiger partial charge < -0.3 is 19.7 Å². The number of likely N-dealkylation sites (N-methyl/N-ethyl adjacent to an activating group) is 1. The summed E-state index contributed by atoms with van der Waals surface area (Å²) in [7, 11) is 1.37. The average Bonchev–Trinajstić information content (AvgIpc) is 2.69. The summed E-state index contributed by atoms with van der Waals surface area (Å²) in [4.78, 5) is 23.9. The van der Waals surface area contributed by atoms with Crippen molar-refractivity contribution in [2.45, 2.75) is 20.0 Å². The van der Waals surface area contributed by atoms with E-state index in [2.05, 4.69) is 5.32 Å². The monoisotopic (exact) mass is 441 g/mol. The summed E-state index contributed by atoms with van der Waals surface area (Å²) < 4.78 is 49.5. The molecular formula is C20H22F3N3O5. The standard InChI is InChI=1S/C20H22F3N3O5/c1-4-30-17-9-7-14(11-18(17)31-5-2)24-19(27)12-25(3)15-8-6-13(20(21,22)23)10-16(15)26(28)29/h6-11H,4-5,12H2,1-3H3,(H,24,27). The molecule has 0 saturated heterocycles. The lowest BCUT2D eigenvalue weighted by Gasteiger charge is -2.20. The van der Waals surface area contributed by atoms with Crippen LogP contribution in [0.5, 0.6) is 11.5 Å². The van der Waals surface area contributed by atoms with Crippen LogP contribution in [0.15, 0.2) is 36.4 Å². The molecule has 0 heterocycles. The van der Waals surface area contributed by atoms with Gasteiger partial charge in [0.2, 0.25) is 5.91 Å². The summed E-state index contributed by atoms with van der Waals surface area (Å²) in [6, 6.07) is 6.97. The first-order chi connectivity index (χ1) is 14.6. The second kappa shape index (κ2) is 10.0. The molecule has 2 aromatic rings. The van der Waals surface area contributed by atoms with E-state index in [-0.39, 0.29) is 12.2 Å². The van der Waals surface area contributed by atoms with Crippen molar-refractivity contribution in [1.82, 2.24) is 0 Å².